The Morgan fingerprint density at radius 2 is 0.641 bits per heavy atom. The number of fused-ring (bicyclic) bond motifs is 9. The van der Waals surface area contributed by atoms with E-state index in [1.165, 1.54) is 106 Å². The van der Waals surface area contributed by atoms with Gasteiger partial charge in [0.2, 0.25) is 0 Å². The summed E-state index contributed by atoms with van der Waals surface area (Å²) in [6, 6.07) is 75.3. The molecule has 0 saturated heterocycles. The Hall–Kier alpha value is -7.22. The molecule has 64 heavy (non-hydrogen) atoms. The molecule has 0 N–H and O–H groups in total. The quantitative estimate of drug-likeness (QED) is 0.161. The summed E-state index contributed by atoms with van der Waals surface area (Å²) in [4.78, 5) is 2.52. The summed E-state index contributed by atoms with van der Waals surface area (Å²) in [6.07, 6.45) is 0. The van der Waals surface area contributed by atoms with Crippen molar-refractivity contribution in [2.45, 2.75) is 57.8 Å². The molecule has 308 valence electrons. The minimum atomic E-state index is -0.190. The molecule has 0 aliphatic heterocycles. The van der Waals surface area contributed by atoms with Crippen molar-refractivity contribution in [3.8, 4) is 66.8 Å². The van der Waals surface area contributed by atoms with Gasteiger partial charge in [-0.25, -0.2) is 0 Å². The molecular formula is C63H51N. The van der Waals surface area contributed by atoms with Gasteiger partial charge in [0.15, 0.2) is 0 Å². The second-order valence-corrected chi connectivity index (χ2v) is 19.7. The lowest BCUT2D eigenvalue weighted by molar-refractivity contribution is 0.660. The maximum Gasteiger partial charge on any atom is 0.0543 e. The smallest absolute Gasteiger partial charge is 0.0543 e. The Bertz CT molecular complexity index is 3210. The molecule has 0 atom stereocenters. The van der Waals surface area contributed by atoms with Crippen molar-refractivity contribution in [3.63, 3.8) is 0 Å². The predicted octanol–water partition coefficient (Wildman–Crippen LogP) is 17.1. The first kappa shape index (κ1) is 38.5. The highest BCUT2D eigenvalue weighted by atomic mass is 15.1. The third-order valence-corrected chi connectivity index (χ3v) is 15.1. The number of hydrogen-bond acceptors (Lipinski definition) is 1. The van der Waals surface area contributed by atoms with Crippen molar-refractivity contribution in [2.75, 3.05) is 4.90 Å². The molecule has 9 aromatic carbocycles. The molecule has 0 fully saturated rings. The molecule has 3 aliphatic carbocycles. The topological polar surface area (TPSA) is 3.24 Å². The van der Waals surface area contributed by atoms with Gasteiger partial charge in [0.1, 0.15) is 0 Å². The zero-order valence-electron chi connectivity index (χ0n) is 37.5. The number of rotatable bonds is 6. The van der Waals surface area contributed by atoms with Crippen LogP contribution in [-0.4, -0.2) is 0 Å². The molecule has 12 rings (SSSR count). The van der Waals surface area contributed by atoms with Crippen molar-refractivity contribution in [1.82, 2.24) is 0 Å². The van der Waals surface area contributed by atoms with Gasteiger partial charge in [-0.2, -0.15) is 0 Å². The highest BCUT2D eigenvalue weighted by molar-refractivity contribution is 5.97. The van der Waals surface area contributed by atoms with Gasteiger partial charge < -0.3 is 4.90 Å². The fourth-order valence-electron chi connectivity index (χ4n) is 11.6. The van der Waals surface area contributed by atoms with Crippen LogP contribution in [0.5, 0.6) is 0 Å². The standard InChI is InChI=1S/C63H51N/c1-61(2)53-25-12-10-23-48(53)50-32-29-44(38-56(50)61)41-19-14-21-46(35-41)64(47-22-15-20-42(36-47)45-30-33-51-49-24-11-13-26-54(49)62(3,4)57(51)39-45)59-28-16-27-55-60(59)52-34-31-43(37-58(52)63(55,5)6)40-17-8-7-9-18-40/h7-39H,1-6H3. The van der Waals surface area contributed by atoms with E-state index in [4.69, 9.17) is 0 Å². The Morgan fingerprint density at radius 3 is 1.19 bits per heavy atom. The zero-order valence-corrected chi connectivity index (χ0v) is 37.5. The van der Waals surface area contributed by atoms with Crippen LogP contribution in [0.15, 0.2) is 200 Å². The minimum absolute atomic E-state index is 0.0766. The third kappa shape index (κ3) is 5.63. The molecule has 0 heterocycles. The van der Waals surface area contributed by atoms with Gasteiger partial charge in [0, 0.05) is 33.2 Å². The number of nitrogens with zero attached hydrogens (tertiary/aromatic N) is 1. The van der Waals surface area contributed by atoms with Crippen LogP contribution in [-0.2, 0) is 16.2 Å². The summed E-state index contributed by atoms with van der Waals surface area (Å²) < 4.78 is 0. The van der Waals surface area contributed by atoms with Gasteiger partial charge in [0.05, 0.1) is 5.69 Å². The van der Waals surface area contributed by atoms with E-state index >= 15 is 0 Å². The summed E-state index contributed by atoms with van der Waals surface area (Å²) in [5, 5.41) is 0. The van der Waals surface area contributed by atoms with E-state index in [1.807, 2.05) is 0 Å². The minimum Gasteiger partial charge on any atom is -0.310 e. The van der Waals surface area contributed by atoms with Crippen molar-refractivity contribution >= 4 is 17.1 Å². The Balaban J connectivity index is 1.03. The van der Waals surface area contributed by atoms with Crippen LogP contribution in [0, 0.1) is 0 Å². The van der Waals surface area contributed by atoms with Gasteiger partial charge in [-0.1, -0.05) is 193 Å². The summed E-state index contributed by atoms with van der Waals surface area (Å²) >= 11 is 0. The maximum absolute atomic E-state index is 2.52. The summed E-state index contributed by atoms with van der Waals surface area (Å²) in [5.41, 5.74) is 26.7. The molecule has 0 amide bonds. The molecule has 0 radical (unpaired) electrons. The average Bonchev–Trinajstić information content (AvgIpc) is 3.81. The second-order valence-electron chi connectivity index (χ2n) is 19.7. The fourth-order valence-corrected chi connectivity index (χ4v) is 11.6. The summed E-state index contributed by atoms with van der Waals surface area (Å²) in [6.45, 7) is 14.3. The number of hydrogen-bond donors (Lipinski definition) is 0. The van der Waals surface area contributed by atoms with Crippen molar-refractivity contribution in [3.05, 3.63) is 234 Å². The molecule has 1 nitrogen and oxygen atoms in total. The normalized spacial score (nSPS) is 15.1. The van der Waals surface area contributed by atoms with Crippen LogP contribution >= 0.6 is 0 Å². The monoisotopic (exact) mass is 821 g/mol. The van der Waals surface area contributed by atoms with Gasteiger partial charge >= 0.3 is 0 Å². The SMILES string of the molecule is CC1(C)c2ccccc2-c2ccc(-c3cccc(N(c4cccc(-c5ccc6c(c5)C(C)(C)c5ccccc5-6)c4)c4cccc5c4-c4ccc(-c6ccccc6)cc4C5(C)C)c3)cc21. The molecule has 0 saturated carbocycles. The highest BCUT2D eigenvalue weighted by Gasteiger charge is 2.39. The lowest BCUT2D eigenvalue weighted by Crippen LogP contribution is -2.16. The molecule has 0 spiro atoms. The lowest BCUT2D eigenvalue weighted by Gasteiger charge is -2.29. The van der Waals surface area contributed by atoms with Crippen LogP contribution in [0.1, 0.15) is 74.9 Å². The average molecular weight is 822 g/mol. The predicted molar refractivity (Wildman–Crippen MR) is 270 cm³/mol. The first-order valence-electron chi connectivity index (χ1n) is 22.8. The van der Waals surface area contributed by atoms with Crippen molar-refractivity contribution < 1.29 is 0 Å². The highest BCUT2D eigenvalue weighted by Crippen LogP contribution is 2.56. The number of anilines is 3. The first-order valence-corrected chi connectivity index (χ1v) is 22.8. The van der Waals surface area contributed by atoms with Gasteiger partial charge in [-0.05, 0) is 143 Å². The first-order chi connectivity index (χ1) is 31.0. The van der Waals surface area contributed by atoms with Crippen LogP contribution in [0.25, 0.3) is 66.8 Å². The van der Waals surface area contributed by atoms with Crippen molar-refractivity contribution in [2.24, 2.45) is 0 Å². The molecule has 9 aromatic rings. The lowest BCUT2D eigenvalue weighted by atomic mass is 9.81. The van der Waals surface area contributed by atoms with Crippen LogP contribution in [0.2, 0.25) is 0 Å². The Morgan fingerprint density at radius 1 is 0.266 bits per heavy atom. The summed E-state index contributed by atoms with van der Waals surface area (Å²) in [5.74, 6) is 0. The maximum atomic E-state index is 2.52. The molecule has 0 unspecified atom stereocenters. The summed E-state index contributed by atoms with van der Waals surface area (Å²) in [7, 11) is 0. The van der Waals surface area contributed by atoms with E-state index in [0.29, 0.717) is 0 Å². The van der Waals surface area contributed by atoms with Gasteiger partial charge in [-0.3, -0.25) is 0 Å². The van der Waals surface area contributed by atoms with E-state index < -0.39 is 0 Å². The van der Waals surface area contributed by atoms with Crippen molar-refractivity contribution in [1.29, 1.82) is 0 Å². The Kier molecular flexibility index (Phi) is 8.35. The van der Waals surface area contributed by atoms with E-state index in [2.05, 4.69) is 247 Å². The van der Waals surface area contributed by atoms with Crippen LogP contribution in [0.4, 0.5) is 17.1 Å². The zero-order chi connectivity index (χ0) is 43.5. The van der Waals surface area contributed by atoms with Gasteiger partial charge in [-0.15, -0.1) is 0 Å². The van der Waals surface area contributed by atoms with E-state index in [9.17, 15) is 0 Å². The van der Waals surface area contributed by atoms with E-state index in [0.717, 1.165) is 11.4 Å². The number of benzene rings is 9. The molecule has 0 aromatic heterocycles. The largest absolute Gasteiger partial charge is 0.310 e. The van der Waals surface area contributed by atoms with Crippen LogP contribution < -0.4 is 4.90 Å². The molecular weight excluding hydrogens is 771 g/mol. The molecule has 3 aliphatic rings. The molecule has 0 bridgehead atoms. The second kappa shape index (κ2) is 13.9. The molecule has 1 heteroatoms. The van der Waals surface area contributed by atoms with Gasteiger partial charge in [0.25, 0.3) is 0 Å². The van der Waals surface area contributed by atoms with Crippen LogP contribution in [0.3, 0.4) is 0 Å². The third-order valence-electron chi connectivity index (χ3n) is 15.1. The Labute approximate surface area is 378 Å². The van der Waals surface area contributed by atoms with E-state index in [-0.39, 0.29) is 16.2 Å². The fraction of sp³-hybridized carbons (Fsp3) is 0.143. The van der Waals surface area contributed by atoms with E-state index in [1.54, 1.807) is 0 Å².